The van der Waals surface area contributed by atoms with Crippen LogP contribution < -0.4 is 4.74 Å². The molecule has 7 rings (SSSR count). The Kier molecular flexibility index (Phi) is 10.5. The molecule has 0 bridgehead atoms. The number of nitrogens with zero attached hydrogens (tertiary/aromatic N) is 4. The van der Waals surface area contributed by atoms with E-state index in [9.17, 15) is 0 Å². The molecule has 0 aliphatic heterocycles. The number of hydrogen-bond acceptors (Lipinski definition) is 3. The molecule has 0 aliphatic rings. The monoisotopic (exact) mass is 825 g/mol. The Morgan fingerprint density at radius 2 is 1.55 bits per heavy atom. The molecule has 49 heavy (non-hydrogen) atoms. The van der Waals surface area contributed by atoms with Gasteiger partial charge >= 0.3 is 21.1 Å². The minimum absolute atomic E-state index is 0. The Bertz CT molecular complexity index is 2210. The Morgan fingerprint density at radius 3 is 2.31 bits per heavy atom. The Labute approximate surface area is 304 Å². The second-order valence-corrected chi connectivity index (χ2v) is 12.5. The molecule has 0 N–H and O–H groups in total. The number of aryl methyl sites for hydroxylation is 3. The maximum atomic E-state index is 6.52. The minimum atomic E-state index is 0. The van der Waals surface area contributed by atoms with Crippen molar-refractivity contribution >= 4 is 21.8 Å². The molecule has 1 unspecified atom stereocenters. The van der Waals surface area contributed by atoms with Gasteiger partial charge < -0.3 is 9.30 Å². The number of rotatable bonds is 11. The topological polar surface area (TPSA) is 44.9 Å². The Hall–Kier alpha value is -4.47. The van der Waals surface area contributed by atoms with Crippen LogP contribution in [0, 0.1) is 12.1 Å². The molecule has 0 fully saturated rings. The molecular formula is C43H42N4OPt. The first-order chi connectivity index (χ1) is 23.5. The van der Waals surface area contributed by atoms with Crippen molar-refractivity contribution in [2.75, 3.05) is 0 Å². The van der Waals surface area contributed by atoms with E-state index in [1.54, 1.807) is 0 Å². The molecule has 3 aromatic heterocycles. The summed E-state index contributed by atoms with van der Waals surface area (Å²) in [4.78, 5) is 4.76. The predicted octanol–water partition coefficient (Wildman–Crippen LogP) is 11.0. The summed E-state index contributed by atoms with van der Waals surface area (Å²) < 4.78 is 10.8. The summed E-state index contributed by atoms with van der Waals surface area (Å²) in [7, 11) is 0. The van der Waals surface area contributed by atoms with E-state index in [0.717, 1.165) is 71.1 Å². The molecular weight excluding hydrogens is 784 g/mol. The SMILES string of the molecule is CCCc1nn(-c2[c-]c(Oc3[c-]c4c(cc3)c3ccccc3n4-c3cc(CC)ccn3)ccc2)c(C(C)CC)c1-c1ccc(CC)cc1.[Pt+2]. The minimum Gasteiger partial charge on any atom is -0.509 e. The number of pyridine rings is 1. The number of para-hydroxylation sites is 1. The van der Waals surface area contributed by atoms with Gasteiger partial charge in [-0.1, -0.05) is 89.0 Å². The number of aromatic nitrogens is 4. The second kappa shape index (κ2) is 15.0. The van der Waals surface area contributed by atoms with Gasteiger partial charge in [0.25, 0.3) is 0 Å². The molecule has 3 heterocycles. The first-order valence-corrected chi connectivity index (χ1v) is 17.3. The first kappa shape index (κ1) is 34.4. The van der Waals surface area contributed by atoms with Gasteiger partial charge in [0, 0.05) is 28.8 Å². The van der Waals surface area contributed by atoms with Crippen molar-refractivity contribution in [1.82, 2.24) is 19.3 Å². The standard InChI is InChI=1S/C43H42N4O.Pt/c1-6-13-38-42(32-20-18-30(8-3)19-21-32)43(29(5)7-2)47(45-38)33-14-12-15-34(27-33)48-35-22-23-37-36-16-10-11-17-39(36)46(40(37)28-35)41-26-31(9-4)24-25-44-41;/h10-12,14-26,29H,6-9,13H2,1-5H3;/q-2;+2. The number of hydrogen-bond donors (Lipinski definition) is 0. The number of benzene rings is 4. The van der Waals surface area contributed by atoms with Gasteiger partial charge in [0.1, 0.15) is 5.82 Å². The van der Waals surface area contributed by atoms with Gasteiger partial charge in [0.15, 0.2) is 0 Å². The van der Waals surface area contributed by atoms with Crippen molar-refractivity contribution in [3.8, 4) is 34.1 Å². The van der Waals surface area contributed by atoms with Crippen molar-refractivity contribution < 1.29 is 25.8 Å². The van der Waals surface area contributed by atoms with E-state index in [1.165, 1.54) is 27.9 Å². The summed E-state index contributed by atoms with van der Waals surface area (Å²) in [6.45, 7) is 11.1. The predicted molar refractivity (Wildman–Crippen MR) is 197 cm³/mol. The third-order valence-corrected chi connectivity index (χ3v) is 9.42. The van der Waals surface area contributed by atoms with Gasteiger partial charge in [-0.05, 0) is 77.6 Å². The first-order valence-electron chi connectivity index (χ1n) is 17.3. The molecule has 0 spiro atoms. The molecule has 0 amide bonds. The van der Waals surface area contributed by atoms with Crippen molar-refractivity contribution in [2.24, 2.45) is 0 Å². The molecule has 6 heteroatoms. The summed E-state index contributed by atoms with van der Waals surface area (Å²) in [5, 5.41) is 7.51. The second-order valence-electron chi connectivity index (χ2n) is 12.5. The van der Waals surface area contributed by atoms with Crippen LogP contribution >= 0.6 is 0 Å². The third kappa shape index (κ3) is 6.62. The third-order valence-electron chi connectivity index (χ3n) is 9.42. The zero-order chi connectivity index (χ0) is 33.2. The molecule has 5 nitrogen and oxygen atoms in total. The van der Waals surface area contributed by atoms with Crippen LogP contribution in [0.5, 0.6) is 11.5 Å². The van der Waals surface area contributed by atoms with Gasteiger partial charge in [-0.25, -0.2) is 4.98 Å². The normalized spacial score (nSPS) is 11.9. The summed E-state index contributed by atoms with van der Waals surface area (Å²) in [6, 6.07) is 39.0. The summed E-state index contributed by atoms with van der Waals surface area (Å²) in [5.41, 5.74) is 10.3. The van der Waals surface area contributed by atoms with Gasteiger partial charge in [0.2, 0.25) is 0 Å². The molecule has 0 radical (unpaired) electrons. The fourth-order valence-corrected chi connectivity index (χ4v) is 6.66. The van der Waals surface area contributed by atoms with E-state index >= 15 is 0 Å². The smallest absolute Gasteiger partial charge is 0.509 e. The Balaban J connectivity index is 0.00000417. The molecule has 1 atom stereocenters. The van der Waals surface area contributed by atoms with Crippen LogP contribution in [-0.2, 0) is 40.3 Å². The van der Waals surface area contributed by atoms with Crippen molar-refractivity contribution in [3.05, 3.63) is 132 Å². The molecule has 0 aliphatic carbocycles. The summed E-state index contributed by atoms with van der Waals surface area (Å²) in [5.74, 6) is 2.42. The van der Waals surface area contributed by atoms with Crippen LogP contribution in [0.15, 0.2) is 97.2 Å². The summed E-state index contributed by atoms with van der Waals surface area (Å²) >= 11 is 0. The van der Waals surface area contributed by atoms with E-state index in [2.05, 4.69) is 129 Å². The zero-order valence-corrected chi connectivity index (χ0v) is 31.1. The molecule has 0 saturated heterocycles. The molecule has 250 valence electrons. The largest absolute Gasteiger partial charge is 2.00 e. The van der Waals surface area contributed by atoms with Crippen LogP contribution in [0.25, 0.3) is 44.4 Å². The van der Waals surface area contributed by atoms with Crippen LogP contribution in [-0.4, -0.2) is 19.3 Å². The number of ether oxygens (including phenoxy) is 1. The fourth-order valence-electron chi connectivity index (χ4n) is 6.66. The van der Waals surface area contributed by atoms with Crippen LogP contribution in [0.4, 0.5) is 0 Å². The number of fused-ring (bicyclic) bond motifs is 3. The average molecular weight is 826 g/mol. The van der Waals surface area contributed by atoms with E-state index < -0.39 is 0 Å². The maximum absolute atomic E-state index is 6.52. The van der Waals surface area contributed by atoms with Gasteiger partial charge in [-0.3, -0.25) is 4.68 Å². The van der Waals surface area contributed by atoms with Crippen LogP contribution in [0.2, 0.25) is 0 Å². The van der Waals surface area contributed by atoms with Gasteiger partial charge in [0.05, 0.1) is 11.4 Å². The van der Waals surface area contributed by atoms with Crippen molar-refractivity contribution in [3.63, 3.8) is 0 Å². The summed E-state index contributed by atoms with van der Waals surface area (Å²) in [6.07, 6.45) is 6.80. The quantitative estimate of drug-likeness (QED) is 0.122. The maximum Gasteiger partial charge on any atom is 2.00 e. The van der Waals surface area contributed by atoms with Crippen LogP contribution in [0.3, 0.4) is 0 Å². The van der Waals surface area contributed by atoms with E-state index in [0.29, 0.717) is 17.4 Å². The van der Waals surface area contributed by atoms with Crippen molar-refractivity contribution in [1.29, 1.82) is 0 Å². The average Bonchev–Trinajstić information content (AvgIpc) is 3.67. The molecule has 7 aromatic rings. The van der Waals surface area contributed by atoms with Gasteiger partial charge in [-0.15, -0.1) is 35.7 Å². The Morgan fingerprint density at radius 1 is 0.776 bits per heavy atom. The van der Waals surface area contributed by atoms with E-state index in [4.69, 9.17) is 14.8 Å². The van der Waals surface area contributed by atoms with Gasteiger partial charge in [-0.2, -0.15) is 17.2 Å². The zero-order valence-electron chi connectivity index (χ0n) is 28.9. The fraction of sp³-hybridized carbons (Fsp3) is 0.256. The van der Waals surface area contributed by atoms with E-state index in [-0.39, 0.29) is 21.1 Å². The molecule has 0 saturated carbocycles. The van der Waals surface area contributed by atoms with Crippen LogP contribution in [0.1, 0.15) is 75.9 Å². The van der Waals surface area contributed by atoms with E-state index in [1.807, 2.05) is 24.4 Å². The molecule has 4 aromatic carbocycles. The van der Waals surface area contributed by atoms with Crippen molar-refractivity contribution in [2.45, 2.75) is 72.6 Å².